The molecule has 0 aliphatic heterocycles. The van der Waals surface area contributed by atoms with Gasteiger partial charge in [-0.2, -0.15) is 24.6 Å². The van der Waals surface area contributed by atoms with Crippen molar-refractivity contribution in [3.05, 3.63) is 73.3 Å². The van der Waals surface area contributed by atoms with Gasteiger partial charge in [-0.15, -0.1) is 12.1 Å². The third-order valence-electron chi connectivity index (χ3n) is 0.843. The molecular weight excluding hydrogens is 254 g/mol. The van der Waals surface area contributed by atoms with E-state index < -0.39 is 0 Å². The van der Waals surface area contributed by atoms with E-state index in [2.05, 4.69) is 26.9 Å². The molecule has 1 aromatic rings. The fraction of sp³-hybridized carbons (Fsp3) is 0. The summed E-state index contributed by atoms with van der Waals surface area (Å²) in [6, 6.07) is 9.87. The van der Waals surface area contributed by atoms with E-state index in [1.807, 2.05) is 30.3 Å². The summed E-state index contributed by atoms with van der Waals surface area (Å²) in [6.07, 6.45) is 0. The average molecular weight is 261 g/mol. The number of benzene rings is 1. The number of hydrogen-bond acceptors (Lipinski definition) is 1. The van der Waals surface area contributed by atoms with Crippen LogP contribution in [0.25, 0.3) is 5.59 Å². The minimum Gasteiger partial charge on any atom is -0.577 e. The molecule has 0 radical (unpaired) electrons. The van der Waals surface area contributed by atoms with Crippen LogP contribution in [-0.4, -0.2) is 0 Å². The Kier molecular flexibility index (Phi) is 91.8. The Morgan fingerprint density at radius 2 is 1.12 bits per heavy atom. The summed E-state index contributed by atoms with van der Waals surface area (Å²) in [6.45, 7) is 17.2. The summed E-state index contributed by atoms with van der Waals surface area (Å²) in [7, 11) is 0. The SMILES string of the molecule is [C-]#[O+].[C-]#[O+].[C-]#[O+].[CH2-]c1ccccc1.[Fe+2].[N-]=O. The number of hydrogen-bond donors (Lipinski definition) is 0. The van der Waals surface area contributed by atoms with E-state index in [1.165, 1.54) is 0 Å². The van der Waals surface area contributed by atoms with Gasteiger partial charge < -0.3 is 10.5 Å². The molecule has 0 unspecified atom stereocenters. The maximum Gasteiger partial charge on any atom is 2.00 e. The first-order valence-electron chi connectivity index (χ1n) is 3.06. The molecule has 0 saturated heterocycles. The zero-order valence-corrected chi connectivity index (χ0v) is 9.13. The largest absolute Gasteiger partial charge is 2.00 e. The standard InChI is InChI=1S/C7H7.3CO.Fe.NO/c1-7-5-3-2-4-6-7;3*1-2;;1-2/h2-6H,1H2;;;;;/q-1;;;;+2;-1. The van der Waals surface area contributed by atoms with E-state index in [9.17, 15) is 0 Å². The molecule has 0 amide bonds. The Bertz CT molecular complexity index is 244. The van der Waals surface area contributed by atoms with Gasteiger partial charge in [-0.05, 0) is 0 Å². The van der Waals surface area contributed by atoms with Crippen molar-refractivity contribution in [2.24, 2.45) is 0 Å². The van der Waals surface area contributed by atoms with Crippen LogP contribution in [0.5, 0.6) is 0 Å². The molecule has 0 aliphatic carbocycles. The van der Waals surface area contributed by atoms with E-state index in [1.54, 1.807) is 0 Å². The van der Waals surface area contributed by atoms with Crippen molar-refractivity contribution in [3.63, 3.8) is 0 Å². The smallest absolute Gasteiger partial charge is 0.577 e. The normalized spacial score (nSPS) is 4.38. The zero-order valence-electron chi connectivity index (χ0n) is 8.03. The summed E-state index contributed by atoms with van der Waals surface area (Å²) in [5.74, 6) is 0. The van der Waals surface area contributed by atoms with Crippen LogP contribution in [0, 0.1) is 31.8 Å². The predicted octanol–water partition coefficient (Wildman–Crippen LogP) is 2.08. The molecule has 0 atom stereocenters. The van der Waals surface area contributed by atoms with E-state index in [0.717, 1.165) is 5.56 Å². The Hall–Kier alpha value is -1.57. The molecule has 0 heterocycles. The molecule has 0 spiro atoms. The second-order valence-corrected chi connectivity index (χ2v) is 1.49. The maximum atomic E-state index is 7.50. The first kappa shape index (κ1) is 29.3. The first-order valence-corrected chi connectivity index (χ1v) is 3.06. The van der Waals surface area contributed by atoms with Gasteiger partial charge >= 0.3 is 51.0 Å². The topological polar surface area (TPSA) is 99.1 Å². The van der Waals surface area contributed by atoms with Crippen LogP contribution in [0.15, 0.2) is 30.3 Å². The molecule has 1 rings (SSSR count). The minimum atomic E-state index is 0. The zero-order chi connectivity index (χ0) is 13.1. The van der Waals surface area contributed by atoms with Crippen molar-refractivity contribution >= 4 is 0 Å². The maximum absolute atomic E-state index is 7.50. The van der Waals surface area contributed by atoms with Crippen molar-refractivity contribution in [1.82, 2.24) is 0 Å². The minimum absolute atomic E-state index is 0. The summed E-state index contributed by atoms with van der Waals surface area (Å²) < 4.78 is 22.5. The Balaban J connectivity index is -0.0000000390. The third kappa shape index (κ3) is 39.3. The molecule has 6 heteroatoms. The van der Waals surface area contributed by atoms with Gasteiger partial charge in [0.1, 0.15) is 0 Å². The fourth-order valence-electron chi connectivity index (χ4n) is 0.478. The van der Waals surface area contributed by atoms with Crippen LogP contribution in [0.3, 0.4) is 0 Å². The van der Waals surface area contributed by atoms with Crippen molar-refractivity contribution in [2.75, 3.05) is 0 Å². The van der Waals surface area contributed by atoms with Gasteiger partial charge in [0.2, 0.25) is 0 Å². The van der Waals surface area contributed by atoms with Crippen molar-refractivity contribution in [2.45, 2.75) is 0 Å². The van der Waals surface area contributed by atoms with Crippen molar-refractivity contribution in [3.8, 4) is 0 Å². The van der Waals surface area contributed by atoms with Crippen LogP contribution < -0.4 is 0 Å². The van der Waals surface area contributed by atoms with E-state index in [-0.39, 0.29) is 17.1 Å². The fourth-order valence-corrected chi connectivity index (χ4v) is 0.478. The quantitative estimate of drug-likeness (QED) is 0.398. The van der Waals surface area contributed by atoms with Crippen LogP contribution in [0.2, 0.25) is 0 Å². The predicted molar refractivity (Wildman–Crippen MR) is 49.4 cm³/mol. The summed E-state index contributed by atoms with van der Waals surface area (Å²) in [4.78, 5) is 7.25. The van der Waals surface area contributed by atoms with Gasteiger partial charge in [0.15, 0.2) is 0 Å². The number of nitrogens with zero attached hydrogens (tertiary/aromatic N) is 1. The molecule has 1 aromatic carbocycles. The molecule has 84 valence electrons. The van der Waals surface area contributed by atoms with Gasteiger partial charge in [0.25, 0.3) is 0 Å². The number of rotatable bonds is 0. The van der Waals surface area contributed by atoms with Crippen molar-refractivity contribution < 1.29 is 31.0 Å². The monoisotopic (exact) mass is 261 g/mol. The van der Waals surface area contributed by atoms with Gasteiger partial charge in [-0.25, -0.2) is 0 Å². The van der Waals surface area contributed by atoms with Crippen LogP contribution in [0.4, 0.5) is 0 Å². The van der Waals surface area contributed by atoms with Gasteiger partial charge in [0, 0.05) is 0 Å². The van der Waals surface area contributed by atoms with Crippen LogP contribution in [-0.2, 0) is 31.0 Å². The van der Waals surface area contributed by atoms with Crippen LogP contribution in [0.1, 0.15) is 5.56 Å². The average Bonchev–Trinajstić information content (AvgIpc) is 2.40. The molecule has 0 aromatic heterocycles. The molecule has 0 bridgehead atoms. The van der Waals surface area contributed by atoms with E-state index in [0.29, 0.717) is 0 Å². The van der Waals surface area contributed by atoms with E-state index in [4.69, 9.17) is 24.5 Å². The van der Waals surface area contributed by atoms with Gasteiger partial charge in [-0.3, -0.25) is 0 Å². The first-order chi connectivity index (χ1) is 7.39. The Morgan fingerprint density at radius 3 is 1.25 bits per heavy atom. The molecule has 0 saturated carbocycles. The molecule has 5 nitrogen and oxygen atoms in total. The third-order valence-corrected chi connectivity index (χ3v) is 0.843. The second kappa shape index (κ2) is 50.2. The van der Waals surface area contributed by atoms with E-state index >= 15 is 0 Å². The second-order valence-electron chi connectivity index (χ2n) is 1.49. The summed E-state index contributed by atoms with van der Waals surface area (Å²) in [5.41, 5.74) is 6.82. The Labute approximate surface area is 105 Å². The molecule has 16 heavy (non-hydrogen) atoms. The number of nitroso groups, excluding NO2 is 1. The summed E-state index contributed by atoms with van der Waals surface area (Å²) >= 11 is 0. The molecular formula is C10H7FeNO4. The van der Waals surface area contributed by atoms with Gasteiger partial charge in [-0.1, -0.05) is 6.07 Å². The molecule has 0 N–H and O–H groups in total. The van der Waals surface area contributed by atoms with Crippen LogP contribution >= 0.6 is 0 Å². The summed E-state index contributed by atoms with van der Waals surface area (Å²) in [5, 5.41) is 0. The molecule has 0 aliphatic rings. The Morgan fingerprint density at radius 1 is 0.875 bits per heavy atom. The molecule has 0 fully saturated rings. The van der Waals surface area contributed by atoms with Crippen molar-refractivity contribution in [1.29, 1.82) is 0 Å². The van der Waals surface area contributed by atoms with Gasteiger partial charge in [0.05, 0.1) is 0 Å².